The van der Waals surface area contributed by atoms with Gasteiger partial charge in [-0.2, -0.15) is 0 Å². The average molecular weight is 397 g/mol. The van der Waals surface area contributed by atoms with Crippen molar-refractivity contribution in [2.75, 3.05) is 20.1 Å². The molecule has 0 aromatic heterocycles. The number of hydrogen-bond donors (Lipinski definition) is 0. The maximum atomic E-state index is 13.0. The van der Waals surface area contributed by atoms with E-state index >= 15 is 0 Å². The van der Waals surface area contributed by atoms with Gasteiger partial charge >= 0.3 is 0 Å². The first-order valence-electron chi connectivity index (χ1n) is 10.9. The van der Waals surface area contributed by atoms with Gasteiger partial charge in [-0.25, -0.2) is 14.0 Å². The largest absolute Gasteiger partial charge is 0.306 e. The van der Waals surface area contributed by atoms with Crippen LogP contribution < -0.4 is 0 Å². The van der Waals surface area contributed by atoms with Gasteiger partial charge in [-0.15, -0.1) is 0 Å². The lowest BCUT2D eigenvalue weighted by molar-refractivity contribution is 0.219. The first-order valence-corrected chi connectivity index (χ1v) is 10.9. The molecule has 2 nitrogen and oxygen atoms in total. The van der Waals surface area contributed by atoms with Crippen LogP contribution in [0.4, 0.5) is 8.78 Å². The molecule has 162 valence electrons. The number of rotatable bonds is 2. The van der Waals surface area contributed by atoms with Crippen molar-refractivity contribution in [3.8, 4) is 6.57 Å². The quantitative estimate of drug-likeness (QED) is 0.527. The Labute approximate surface area is 172 Å². The van der Waals surface area contributed by atoms with Gasteiger partial charge < -0.3 is 4.90 Å². The first kappa shape index (κ1) is 28.7. The Kier molecular flexibility index (Phi) is 19.4. The molecule has 1 aliphatic heterocycles. The van der Waals surface area contributed by atoms with Crippen molar-refractivity contribution in [1.82, 2.24) is 4.90 Å². The van der Waals surface area contributed by atoms with E-state index in [0.29, 0.717) is 5.92 Å². The second-order valence-corrected chi connectivity index (χ2v) is 7.09. The molecular formula is C24H42F2N2. The molecule has 1 saturated heterocycles. The molecule has 0 spiro atoms. The van der Waals surface area contributed by atoms with Crippen LogP contribution in [0.15, 0.2) is 18.2 Å². The van der Waals surface area contributed by atoms with E-state index in [4.69, 9.17) is 5.26 Å². The Morgan fingerprint density at radius 2 is 1.43 bits per heavy atom. The zero-order valence-corrected chi connectivity index (χ0v) is 19.0. The van der Waals surface area contributed by atoms with Crippen molar-refractivity contribution >= 4 is 0 Å². The molecule has 1 aromatic rings. The molecule has 0 unspecified atom stereocenters. The zero-order valence-electron chi connectivity index (χ0n) is 19.0. The molecule has 3 rings (SSSR count). The van der Waals surface area contributed by atoms with E-state index in [2.05, 4.69) is 25.4 Å². The van der Waals surface area contributed by atoms with Gasteiger partial charge in [-0.3, -0.25) is 0 Å². The average Bonchev–Trinajstić information content (AvgIpc) is 3.23. The van der Waals surface area contributed by atoms with Gasteiger partial charge in [0.15, 0.2) is 11.6 Å². The third kappa shape index (κ3) is 12.8. The number of likely N-dealkylation sites (tertiary alicyclic amines) is 1. The summed E-state index contributed by atoms with van der Waals surface area (Å²) in [6.07, 6.45) is 9.11. The highest BCUT2D eigenvalue weighted by atomic mass is 19.2. The monoisotopic (exact) mass is 396 g/mol. The summed E-state index contributed by atoms with van der Waals surface area (Å²) >= 11 is 0. The summed E-state index contributed by atoms with van der Waals surface area (Å²) in [5.74, 6) is 0.170. The molecular weight excluding hydrogens is 354 g/mol. The van der Waals surface area contributed by atoms with Gasteiger partial charge in [0, 0.05) is 6.57 Å². The molecule has 0 amide bonds. The number of nitrogens with zero attached hydrogens (tertiary/aromatic N) is 2. The van der Waals surface area contributed by atoms with Crippen LogP contribution in [0.3, 0.4) is 0 Å². The van der Waals surface area contributed by atoms with Gasteiger partial charge in [0.25, 0.3) is 0 Å². The Hall–Kier alpha value is -1.47. The summed E-state index contributed by atoms with van der Waals surface area (Å²) in [7, 11) is 2.12. The smallest absolute Gasteiger partial charge is 0.159 e. The van der Waals surface area contributed by atoms with Crippen molar-refractivity contribution in [3.05, 3.63) is 35.4 Å². The molecule has 0 atom stereocenters. The molecule has 28 heavy (non-hydrogen) atoms. The van der Waals surface area contributed by atoms with Crippen LogP contribution in [-0.2, 0) is 6.42 Å². The van der Waals surface area contributed by atoms with Gasteiger partial charge in [-0.1, -0.05) is 66.4 Å². The maximum absolute atomic E-state index is 13.0. The highest BCUT2D eigenvalue weighted by Gasteiger charge is 2.17. The van der Waals surface area contributed by atoms with Crippen LogP contribution in [-0.4, -0.2) is 25.0 Å². The minimum Gasteiger partial charge on any atom is -0.306 e. The highest BCUT2D eigenvalue weighted by molar-refractivity contribution is 5.18. The summed E-state index contributed by atoms with van der Waals surface area (Å²) in [4.78, 5) is 2.31. The molecule has 1 aliphatic carbocycles. The summed E-state index contributed by atoms with van der Waals surface area (Å²) in [6.45, 7) is 16.1. The fourth-order valence-electron chi connectivity index (χ4n) is 3.40. The molecule has 0 bridgehead atoms. The van der Waals surface area contributed by atoms with E-state index < -0.39 is 11.6 Å². The Balaban J connectivity index is 0. The van der Waals surface area contributed by atoms with Crippen LogP contribution in [0.2, 0.25) is 0 Å². The van der Waals surface area contributed by atoms with E-state index in [1.54, 1.807) is 6.07 Å². The number of nitriles is 1. The predicted octanol–water partition coefficient (Wildman–Crippen LogP) is 7.24. The fourth-order valence-corrected chi connectivity index (χ4v) is 3.40. The molecule has 1 heterocycles. The lowest BCUT2D eigenvalue weighted by Crippen LogP contribution is -2.30. The summed E-state index contributed by atoms with van der Waals surface area (Å²) in [5, 5.41) is 6.50. The van der Waals surface area contributed by atoms with Crippen LogP contribution in [0.25, 0.3) is 0 Å². The van der Waals surface area contributed by atoms with Gasteiger partial charge in [-0.05, 0) is 68.9 Å². The van der Waals surface area contributed by atoms with Crippen molar-refractivity contribution in [2.45, 2.75) is 79.6 Å². The molecule has 0 radical (unpaired) electrons. The minimum atomic E-state index is -0.757. The van der Waals surface area contributed by atoms with E-state index in [1.165, 1.54) is 37.8 Å². The molecule has 4 heteroatoms. The van der Waals surface area contributed by atoms with Gasteiger partial charge in [0.2, 0.25) is 0 Å². The standard InChI is InChI=1S/C13H17F2N.C6H12.2C2H6.CHN/c1-16-6-4-10(5-7-16)8-11-2-3-12(14)13(15)9-11;1-6-4-2-3-5-6;3*1-2/h2-3,9-10H,4-8H2,1H3;6H,2-5H2,1H3;2*1-2H3;1H. The maximum Gasteiger partial charge on any atom is 0.159 e. The predicted molar refractivity (Wildman–Crippen MR) is 117 cm³/mol. The summed E-state index contributed by atoms with van der Waals surface area (Å²) in [6, 6.07) is 4.24. The van der Waals surface area contributed by atoms with Gasteiger partial charge in [0.05, 0.1) is 0 Å². The third-order valence-electron chi connectivity index (χ3n) is 4.99. The SMILES string of the molecule is C#N.CC.CC.CC1CCCC1.CN1CCC(Cc2ccc(F)c(F)c2)CC1. The lowest BCUT2D eigenvalue weighted by Gasteiger charge is -2.28. The van der Waals surface area contributed by atoms with E-state index in [-0.39, 0.29) is 0 Å². The fraction of sp³-hybridized carbons (Fsp3) is 0.708. The van der Waals surface area contributed by atoms with Crippen LogP contribution in [0.5, 0.6) is 0 Å². The number of benzene rings is 1. The lowest BCUT2D eigenvalue weighted by atomic mass is 9.90. The molecule has 1 aromatic carbocycles. The normalized spacial score (nSPS) is 16.8. The van der Waals surface area contributed by atoms with Crippen molar-refractivity contribution in [1.29, 1.82) is 5.26 Å². The molecule has 2 fully saturated rings. The van der Waals surface area contributed by atoms with Crippen LogP contribution in [0.1, 0.15) is 78.7 Å². The van der Waals surface area contributed by atoms with Gasteiger partial charge in [0.1, 0.15) is 0 Å². The number of halogens is 2. The van der Waals surface area contributed by atoms with Crippen molar-refractivity contribution in [2.24, 2.45) is 11.8 Å². The summed E-state index contributed by atoms with van der Waals surface area (Å²) in [5.41, 5.74) is 0.911. The highest BCUT2D eigenvalue weighted by Crippen LogP contribution is 2.23. The van der Waals surface area contributed by atoms with Crippen molar-refractivity contribution < 1.29 is 8.78 Å². The van der Waals surface area contributed by atoms with E-state index in [9.17, 15) is 8.78 Å². The topological polar surface area (TPSA) is 27.0 Å². The molecule has 0 N–H and O–H groups in total. The first-order chi connectivity index (χ1) is 13.5. The molecule has 1 saturated carbocycles. The number of hydrogen-bond acceptors (Lipinski definition) is 2. The third-order valence-corrected chi connectivity index (χ3v) is 4.99. The minimum absolute atomic E-state index is 0.612. The number of piperidine rings is 1. The van der Waals surface area contributed by atoms with Crippen molar-refractivity contribution in [3.63, 3.8) is 0 Å². The van der Waals surface area contributed by atoms with E-state index in [1.807, 2.05) is 27.7 Å². The second kappa shape index (κ2) is 18.9. The van der Waals surface area contributed by atoms with Crippen LogP contribution in [0, 0.1) is 35.3 Å². The molecule has 2 aliphatic rings. The van der Waals surface area contributed by atoms with E-state index in [0.717, 1.165) is 43.8 Å². The zero-order chi connectivity index (χ0) is 21.9. The second-order valence-electron chi connectivity index (χ2n) is 7.09. The summed E-state index contributed by atoms with van der Waals surface area (Å²) < 4.78 is 25.8. The Bertz CT molecular complexity index is 489. The Morgan fingerprint density at radius 1 is 0.929 bits per heavy atom. The Morgan fingerprint density at radius 3 is 1.82 bits per heavy atom. The van der Waals surface area contributed by atoms with Crippen LogP contribution >= 0.6 is 0 Å².